The first kappa shape index (κ1) is 23.1. The van der Waals surface area contributed by atoms with Crippen LogP contribution in [0.15, 0.2) is 59.5 Å². The minimum atomic E-state index is -3.45. The second-order valence-electron chi connectivity index (χ2n) is 6.32. The van der Waals surface area contributed by atoms with Crippen LogP contribution in [0.25, 0.3) is 0 Å². The van der Waals surface area contributed by atoms with Crippen molar-refractivity contribution in [3.8, 4) is 0 Å². The molecule has 2 rings (SSSR count). The van der Waals surface area contributed by atoms with Crippen LogP contribution in [0.1, 0.15) is 42.1 Å². The summed E-state index contributed by atoms with van der Waals surface area (Å²) in [6.45, 7) is 2.47. The number of nitrogens with two attached hydrogens (primary N) is 1. The van der Waals surface area contributed by atoms with Crippen molar-refractivity contribution in [2.45, 2.75) is 42.9 Å². The Bertz CT molecular complexity index is 809. The van der Waals surface area contributed by atoms with Crippen LogP contribution in [-0.2, 0) is 15.6 Å². The summed E-state index contributed by atoms with van der Waals surface area (Å²) in [6, 6.07) is 15.0. The zero-order valence-corrected chi connectivity index (χ0v) is 17.1. The van der Waals surface area contributed by atoms with E-state index in [0.717, 1.165) is 24.8 Å². The zero-order chi connectivity index (χ0) is 19.0. The molecular weight excluding hydrogens is 384 g/mol. The van der Waals surface area contributed by atoms with Gasteiger partial charge >= 0.3 is 0 Å². The van der Waals surface area contributed by atoms with Gasteiger partial charge in [0.2, 0.25) is 0 Å². The highest BCUT2D eigenvalue weighted by atomic mass is 35.5. The summed E-state index contributed by atoms with van der Waals surface area (Å²) < 4.78 is 25.0. The molecule has 0 aliphatic heterocycles. The predicted octanol–water partition coefficient (Wildman–Crippen LogP) is 3.33. The third-order valence-electron chi connectivity index (χ3n) is 4.20. The molecular formula is C20H27ClN2O3S. The number of hydrogen-bond acceptors (Lipinski definition) is 4. The molecule has 0 heterocycles. The lowest BCUT2D eigenvalue weighted by atomic mass is 10.1. The van der Waals surface area contributed by atoms with E-state index in [1.54, 1.807) is 24.3 Å². The standard InChI is InChI=1S/C20H26N2O3S.ClH/c1-2-3-9-18(14-21)22-20(23)17-10-12-19(13-11-17)26(24,25)15-16-7-5-4-6-8-16;/h4-8,10-13,18H,2-3,9,14-15,21H2,1H3,(H,22,23);1H. The Balaban J connectivity index is 0.00000364. The molecule has 0 saturated heterocycles. The molecule has 27 heavy (non-hydrogen) atoms. The van der Waals surface area contributed by atoms with Crippen molar-refractivity contribution in [1.82, 2.24) is 5.32 Å². The number of unbranched alkanes of at least 4 members (excludes halogenated alkanes) is 1. The van der Waals surface area contributed by atoms with E-state index in [1.165, 1.54) is 12.1 Å². The van der Waals surface area contributed by atoms with E-state index in [-0.39, 0.29) is 35.0 Å². The minimum absolute atomic E-state index is 0. The van der Waals surface area contributed by atoms with Crippen molar-refractivity contribution in [3.05, 3.63) is 65.7 Å². The molecule has 0 spiro atoms. The monoisotopic (exact) mass is 410 g/mol. The third kappa shape index (κ3) is 6.97. The average Bonchev–Trinajstić information content (AvgIpc) is 2.65. The normalized spacial score (nSPS) is 12.1. The summed E-state index contributed by atoms with van der Waals surface area (Å²) in [5.41, 5.74) is 6.86. The van der Waals surface area contributed by atoms with E-state index >= 15 is 0 Å². The molecule has 0 radical (unpaired) electrons. The number of sulfone groups is 1. The van der Waals surface area contributed by atoms with Crippen LogP contribution < -0.4 is 11.1 Å². The summed E-state index contributed by atoms with van der Waals surface area (Å²) in [4.78, 5) is 12.5. The van der Waals surface area contributed by atoms with Gasteiger partial charge in [0.25, 0.3) is 5.91 Å². The topological polar surface area (TPSA) is 89.3 Å². The Kier molecular flexibility index (Phi) is 9.49. The average molecular weight is 411 g/mol. The van der Waals surface area contributed by atoms with E-state index in [2.05, 4.69) is 12.2 Å². The van der Waals surface area contributed by atoms with Gasteiger partial charge in [-0.15, -0.1) is 12.4 Å². The van der Waals surface area contributed by atoms with E-state index in [4.69, 9.17) is 5.73 Å². The second-order valence-corrected chi connectivity index (χ2v) is 8.31. The lowest BCUT2D eigenvalue weighted by Gasteiger charge is -2.16. The number of hydrogen-bond donors (Lipinski definition) is 2. The molecule has 0 aliphatic carbocycles. The van der Waals surface area contributed by atoms with E-state index in [9.17, 15) is 13.2 Å². The molecule has 0 bridgehead atoms. The number of halogens is 1. The Morgan fingerprint density at radius 1 is 1.07 bits per heavy atom. The Morgan fingerprint density at radius 3 is 2.26 bits per heavy atom. The summed E-state index contributed by atoms with van der Waals surface area (Å²) >= 11 is 0. The molecule has 0 aromatic heterocycles. The minimum Gasteiger partial charge on any atom is -0.348 e. The quantitative estimate of drug-likeness (QED) is 0.663. The number of carbonyl (C=O) groups is 1. The number of nitrogens with one attached hydrogen (secondary N) is 1. The van der Waals surface area contributed by atoms with Gasteiger partial charge in [-0.2, -0.15) is 0 Å². The van der Waals surface area contributed by atoms with Crippen LogP contribution in [0, 0.1) is 0 Å². The highest BCUT2D eigenvalue weighted by Gasteiger charge is 2.17. The zero-order valence-electron chi connectivity index (χ0n) is 15.4. The van der Waals surface area contributed by atoms with Crippen LogP contribution in [-0.4, -0.2) is 26.9 Å². The van der Waals surface area contributed by atoms with Gasteiger partial charge in [-0.05, 0) is 36.2 Å². The number of benzene rings is 2. The maximum absolute atomic E-state index is 12.5. The molecule has 5 nitrogen and oxygen atoms in total. The van der Waals surface area contributed by atoms with Crippen LogP contribution in [0.2, 0.25) is 0 Å². The van der Waals surface area contributed by atoms with Gasteiger partial charge in [-0.25, -0.2) is 8.42 Å². The molecule has 7 heteroatoms. The molecule has 1 atom stereocenters. The Morgan fingerprint density at radius 2 is 1.70 bits per heavy atom. The summed E-state index contributed by atoms with van der Waals surface area (Å²) in [5, 5.41) is 2.90. The number of carbonyl (C=O) groups excluding carboxylic acids is 1. The highest BCUT2D eigenvalue weighted by molar-refractivity contribution is 7.90. The number of rotatable bonds is 9. The molecule has 0 aliphatic rings. The van der Waals surface area contributed by atoms with Gasteiger partial charge in [0, 0.05) is 18.2 Å². The molecule has 1 amide bonds. The molecule has 0 fully saturated rings. The maximum atomic E-state index is 12.5. The Labute approximate surface area is 167 Å². The molecule has 2 aromatic carbocycles. The molecule has 1 unspecified atom stereocenters. The molecule has 2 aromatic rings. The predicted molar refractivity (Wildman–Crippen MR) is 111 cm³/mol. The first-order valence-corrected chi connectivity index (χ1v) is 10.5. The third-order valence-corrected chi connectivity index (χ3v) is 5.90. The van der Waals surface area contributed by atoms with Crippen LogP contribution in [0.5, 0.6) is 0 Å². The lowest BCUT2D eigenvalue weighted by Crippen LogP contribution is -2.40. The van der Waals surface area contributed by atoms with Crippen molar-refractivity contribution in [1.29, 1.82) is 0 Å². The van der Waals surface area contributed by atoms with Crippen molar-refractivity contribution in [2.75, 3.05) is 6.54 Å². The number of amides is 1. The first-order chi connectivity index (χ1) is 12.5. The van der Waals surface area contributed by atoms with Crippen molar-refractivity contribution in [3.63, 3.8) is 0 Å². The first-order valence-electron chi connectivity index (χ1n) is 8.84. The molecule has 148 valence electrons. The summed E-state index contributed by atoms with van der Waals surface area (Å²) in [6.07, 6.45) is 2.88. The smallest absolute Gasteiger partial charge is 0.251 e. The van der Waals surface area contributed by atoms with Crippen LogP contribution in [0.4, 0.5) is 0 Å². The van der Waals surface area contributed by atoms with Crippen LogP contribution >= 0.6 is 12.4 Å². The molecule has 3 N–H and O–H groups in total. The Hall–Kier alpha value is -1.89. The van der Waals surface area contributed by atoms with Crippen LogP contribution in [0.3, 0.4) is 0 Å². The maximum Gasteiger partial charge on any atom is 0.251 e. The molecule has 0 saturated carbocycles. The van der Waals surface area contributed by atoms with Crippen molar-refractivity contribution in [2.24, 2.45) is 5.73 Å². The fourth-order valence-electron chi connectivity index (χ4n) is 2.66. The highest BCUT2D eigenvalue weighted by Crippen LogP contribution is 2.17. The second kappa shape index (κ2) is 11.1. The van der Waals surface area contributed by atoms with Crippen molar-refractivity contribution >= 4 is 28.2 Å². The van der Waals surface area contributed by atoms with Gasteiger partial charge in [-0.1, -0.05) is 50.1 Å². The fraction of sp³-hybridized carbons (Fsp3) is 0.350. The lowest BCUT2D eigenvalue weighted by molar-refractivity contribution is 0.0935. The van der Waals surface area contributed by atoms with Crippen molar-refractivity contribution < 1.29 is 13.2 Å². The fourth-order valence-corrected chi connectivity index (χ4v) is 4.01. The van der Waals surface area contributed by atoms with Gasteiger partial charge in [-0.3, -0.25) is 4.79 Å². The largest absolute Gasteiger partial charge is 0.348 e. The summed E-state index contributed by atoms with van der Waals surface area (Å²) in [7, 11) is -3.45. The summed E-state index contributed by atoms with van der Waals surface area (Å²) in [5.74, 6) is -0.297. The van der Waals surface area contributed by atoms with E-state index < -0.39 is 9.84 Å². The SMILES string of the molecule is CCCCC(CN)NC(=O)c1ccc(S(=O)(=O)Cc2ccccc2)cc1.Cl. The van der Waals surface area contributed by atoms with E-state index in [1.807, 2.05) is 18.2 Å². The van der Waals surface area contributed by atoms with Gasteiger partial charge in [0.15, 0.2) is 9.84 Å². The van der Waals surface area contributed by atoms with Gasteiger partial charge < -0.3 is 11.1 Å². The van der Waals surface area contributed by atoms with Gasteiger partial charge in [0.05, 0.1) is 10.6 Å². The van der Waals surface area contributed by atoms with Gasteiger partial charge in [0.1, 0.15) is 0 Å². The van der Waals surface area contributed by atoms with E-state index in [0.29, 0.717) is 12.1 Å².